The molecule has 0 radical (unpaired) electrons. The zero-order chi connectivity index (χ0) is 28.1. The molecule has 1 aliphatic rings. The molecule has 40 heavy (non-hydrogen) atoms. The lowest BCUT2D eigenvalue weighted by Gasteiger charge is -2.26. The molecule has 0 spiro atoms. The number of nitrogens with zero attached hydrogens (tertiary/aromatic N) is 3. The number of rotatable bonds is 8. The maximum atomic E-state index is 12.7. The second-order valence-corrected chi connectivity index (χ2v) is 10.6. The first-order chi connectivity index (χ1) is 19.2. The van der Waals surface area contributed by atoms with Gasteiger partial charge in [-0.25, -0.2) is 9.59 Å². The number of imidazole rings is 1. The van der Waals surface area contributed by atoms with Gasteiger partial charge in [0.2, 0.25) is 0 Å². The average molecular weight is 547 g/mol. The van der Waals surface area contributed by atoms with Gasteiger partial charge in [-0.05, 0) is 54.1 Å². The number of hydrogen-bond acceptors (Lipinski definition) is 7. The van der Waals surface area contributed by atoms with Gasteiger partial charge in [0, 0.05) is 43.0 Å². The molecule has 1 fully saturated rings. The van der Waals surface area contributed by atoms with E-state index in [0.717, 1.165) is 44.2 Å². The zero-order valence-corrected chi connectivity index (χ0v) is 22.9. The van der Waals surface area contributed by atoms with Crippen LogP contribution in [0.2, 0.25) is 0 Å². The Balaban J connectivity index is 1.17. The number of aromatic amines is 1. The average Bonchev–Trinajstić information content (AvgIpc) is 3.57. The highest BCUT2D eigenvalue weighted by atomic mass is 16.5. The molecule has 1 aliphatic heterocycles. The molecule has 0 bridgehead atoms. The normalized spacial score (nSPS) is 14.2. The lowest BCUT2D eigenvalue weighted by atomic mass is 9.93. The Hall–Kier alpha value is -4.35. The van der Waals surface area contributed by atoms with Crippen molar-refractivity contribution in [2.45, 2.75) is 26.2 Å². The number of H-pyrrole nitrogens is 1. The standard InChI is InChI=1S/C29H34N6O5/c1-29(2,3)25-18-26(33-40-25)32-27(36)30-21-6-8-22(9-7-21)35-19-24(31-28(35)37)20-4-10-23(11-5-20)39-17-14-34-12-15-38-16-13-34/h4-11,18-19H,12-17H2,1-3H3,(H,31,37)(H2,30,32,33,36). The van der Waals surface area contributed by atoms with Gasteiger partial charge in [0.05, 0.1) is 24.6 Å². The molecule has 0 atom stereocenters. The minimum Gasteiger partial charge on any atom is -0.492 e. The summed E-state index contributed by atoms with van der Waals surface area (Å²) < 4.78 is 18.1. The van der Waals surface area contributed by atoms with E-state index in [2.05, 4.69) is 25.7 Å². The maximum absolute atomic E-state index is 12.7. The third-order valence-corrected chi connectivity index (χ3v) is 6.56. The lowest BCUT2D eigenvalue weighted by molar-refractivity contribution is 0.0322. The molecule has 11 nitrogen and oxygen atoms in total. The van der Waals surface area contributed by atoms with Gasteiger partial charge in [0.15, 0.2) is 5.82 Å². The van der Waals surface area contributed by atoms with Crippen molar-refractivity contribution in [2.75, 3.05) is 50.1 Å². The van der Waals surface area contributed by atoms with E-state index in [1.165, 1.54) is 4.57 Å². The van der Waals surface area contributed by atoms with Gasteiger partial charge in [-0.3, -0.25) is 14.8 Å². The van der Waals surface area contributed by atoms with Crippen molar-refractivity contribution in [3.05, 3.63) is 77.0 Å². The predicted molar refractivity (Wildman–Crippen MR) is 152 cm³/mol. The molecule has 4 aromatic rings. The van der Waals surface area contributed by atoms with E-state index in [0.29, 0.717) is 35.3 Å². The molecule has 5 rings (SSSR count). The topological polar surface area (TPSA) is 127 Å². The van der Waals surface area contributed by atoms with E-state index in [1.54, 1.807) is 36.5 Å². The second kappa shape index (κ2) is 11.8. The first-order valence-corrected chi connectivity index (χ1v) is 13.3. The van der Waals surface area contributed by atoms with Crippen LogP contribution in [-0.4, -0.2) is 65.1 Å². The van der Waals surface area contributed by atoms with Crippen molar-refractivity contribution in [3.8, 4) is 22.7 Å². The summed E-state index contributed by atoms with van der Waals surface area (Å²) in [5.74, 6) is 1.79. The van der Waals surface area contributed by atoms with E-state index in [9.17, 15) is 9.59 Å². The second-order valence-electron chi connectivity index (χ2n) is 10.6. The number of ether oxygens (including phenoxy) is 2. The summed E-state index contributed by atoms with van der Waals surface area (Å²) in [6.45, 7) is 10.9. The van der Waals surface area contributed by atoms with Crippen LogP contribution in [0, 0.1) is 0 Å². The molecule has 0 unspecified atom stereocenters. The molecule has 0 aliphatic carbocycles. The number of anilines is 2. The van der Waals surface area contributed by atoms with Gasteiger partial charge in [-0.1, -0.05) is 25.9 Å². The number of morpholine rings is 1. The van der Waals surface area contributed by atoms with E-state index < -0.39 is 6.03 Å². The minimum atomic E-state index is -0.448. The molecule has 11 heteroatoms. The minimum absolute atomic E-state index is 0.212. The summed E-state index contributed by atoms with van der Waals surface area (Å²) in [5.41, 5.74) is 2.31. The van der Waals surface area contributed by atoms with E-state index in [-0.39, 0.29) is 11.1 Å². The Morgan fingerprint density at radius 3 is 2.45 bits per heavy atom. The Morgan fingerprint density at radius 1 is 1.05 bits per heavy atom. The van der Waals surface area contributed by atoms with Crippen LogP contribution in [0.4, 0.5) is 16.3 Å². The largest absolute Gasteiger partial charge is 0.492 e. The Bertz CT molecular complexity index is 1470. The molecule has 3 heterocycles. The van der Waals surface area contributed by atoms with Crippen LogP contribution >= 0.6 is 0 Å². The fraction of sp³-hybridized carbons (Fsp3) is 0.345. The third kappa shape index (κ3) is 6.80. The zero-order valence-electron chi connectivity index (χ0n) is 22.9. The molecule has 2 aromatic heterocycles. The summed E-state index contributed by atoms with van der Waals surface area (Å²) in [4.78, 5) is 30.3. The fourth-order valence-corrected chi connectivity index (χ4v) is 4.25. The van der Waals surface area contributed by atoms with Gasteiger partial charge in [0.1, 0.15) is 18.1 Å². The fourth-order valence-electron chi connectivity index (χ4n) is 4.25. The number of carbonyl (C=O) groups is 1. The number of carbonyl (C=O) groups excluding carboxylic acids is 1. The van der Waals surface area contributed by atoms with E-state index >= 15 is 0 Å². The molecule has 210 valence electrons. The number of nitrogens with one attached hydrogen (secondary N) is 3. The van der Waals surface area contributed by atoms with Crippen molar-refractivity contribution in [2.24, 2.45) is 0 Å². The SMILES string of the molecule is CC(C)(C)c1cc(NC(=O)Nc2ccc(-n3cc(-c4ccc(OCCN5CCOCC5)cc4)[nH]c3=O)cc2)no1. The van der Waals surface area contributed by atoms with Crippen molar-refractivity contribution < 1.29 is 18.8 Å². The first-order valence-electron chi connectivity index (χ1n) is 13.3. The van der Waals surface area contributed by atoms with Crippen LogP contribution in [0.15, 0.2) is 70.1 Å². The van der Waals surface area contributed by atoms with Crippen LogP contribution in [0.3, 0.4) is 0 Å². The molecule has 2 aromatic carbocycles. The molecular formula is C29H34N6O5. The highest BCUT2D eigenvalue weighted by Crippen LogP contribution is 2.25. The number of aromatic nitrogens is 3. The number of urea groups is 1. The smallest absolute Gasteiger partial charge is 0.330 e. The predicted octanol–water partition coefficient (Wildman–Crippen LogP) is 4.47. The summed E-state index contributed by atoms with van der Waals surface area (Å²) in [5, 5.41) is 9.30. The molecule has 1 saturated heterocycles. The lowest BCUT2D eigenvalue weighted by Crippen LogP contribution is -2.38. The third-order valence-electron chi connectivity index (χ3n) is 6.56. The highest BCUT2D eigenvalue weighted by Gasteiger charge is 2.20. The number of amides is 2. The van der Waals surface area contributed by atoms with Gasteiger partial charge in [0.25, 0.3) is 0 Å². The molecule has 3 N–H and O–H groups in total. The summed E-state index contributed by atoms with van der Waals surface area (Å²) in [7, 11) is 0. The van der Waals surface area contributed by atoms with Crippen LogP contribution in [0.5, 0.6) is 5.75 Å². The first kappa shape index (κ1) is 27.2. The van der Waals surface area contributed by atoms with Crippen molar-refractivity contribution in [1.82, 2.24) is 19.6 Å². The number of hydrogen-bond donors (Lipinski definition) is 3. The maximum Gasteiger partial charge on any atom is 0.330 e. The van der Waals surface area contributed by atoms with Gasteiger partial charge < -0.3 is 24.3 Å². The molecular weight excluding hydrogens is 512 g/mol. The summed E-state index contributed by atoms with van der Waals surface area (Å²) in [6.07, 6.45) is 1.75. The van der Waals surface area contributed by atoms with Crippen LogP contribution in [-0.2, 0) is 10.2 Å². The van der Waals surface area contributed by atoms with Crippen molar-refractivity contribution in [3.63, 3.8) is 0 Å². The van der Waals surface area contributed by atoms with Gasteiger partial charge in [-0.2, -0.15) is 0 Å². The van der Waals surface area contributed by atoms with E-state index in [4.69, 9.17) is 14.0 Å². The van der Waals surface area contributed by atoms with E-state index in [1.807, 2.05) is 45.0 Å². The van der Waals surface area contributed by atoms with Crippen molar-refractivity contribution >= 4 is 17.5 Å². The summed E-state index contributed by atoms with van der Waals surface area (Å²) in [6, 6.07) is 15.9. The summed E-state index contributed by atoms with van der Waals surface area (Å²) >= 11 is 0. The molecule has 2 amide bonds. The van der Waals surface area contributed by atoms with Gasteiger partial charge >= 0.3 is 11.7 Å². The number of benzene rings is 2. The molecule has 0 saturated carbocycles. The Labute approximate surface area is 232 Å². The Kier molecular flexibility index (Phi) is 8.04. The van der Waals surface area contributed by atoms with Gasteiger partial charge in [-0.15, -0.1) is 0 Å². The quantitative estimate of drug-likeness (QED) is 0.298. The highest BCUT2D eigenvalue weighted by molar-refractivity contribution is 5.99. The van der Waals surface area contributed by atoms with Crippen LogP contribution < -0.4 is 21.1 Å². The van der Waals surface area contributed by atoms with Crippen LogP contribution in [0.25, 0.3) is 16.9 Å². The van der Waals surface area contributed by atoms with Crippen LogP contribution in [0.1, 0.15) is 26.5 Å². The monoisotopic (exact) mass is 546 g/mol. The Morgan fingerprint density at radius 2 is 1.77 bits per heavy atom. The van der Waals surface area contributed by atoms with Crippen molar-refractivity contribution in [1.29, 1.82) is 0 Å².